The summed E-state index contributed by atoms with van der Waals surface area (Å²) in [6.07, 6.45) is 0. The Kier molecular flexibility index (Phi) is 300. The van der Waals surface area contributed by atoms with Gasteiger partial charge in [-0.25, -0.2) is 0 Å². The molecule has 0 aliphatic rings. The molecule has 0 aromatic heterocycles. The predicted octanol–water partition coefficient (Wildman–Crippen LogP) is -7.17. The minimum atomic E-state index is 0. The van der Waals surface area contributed by atoms with E-state index in [9.17, 15) is 0 Å². The summed E-state index contributed by atoms with van der Waals surface area (Å²) in [7, 11) is 0. The van der Waals surface area contributed by atoms with Crippen LogP contribution in [0.4, 0.5) is 0 Å². The van der Waals surface area contributed by atoms with E-state index in [1.54, 1.807) is 0 Å². The van der Waals surface area contributed by atoms with Gasteiger partial charge in [0.1, 0.15) is 0 Å². The molecule has 6 heavy (non-hydrogen) atoms. The average Bonchev–Trinajstić information content (AvgIpc) is 0. The minimum Gasteiger partial charge on any atom is -0.870 e. The van der Waals surface area contributed by atoms with Crippen molar-refractivity contribution in [3.63, 3.8) is 0 Å². The standard InChI is InChI=1S/2K.3H2O.Zr/h;;3*1H2;/q2*+1;;;;/p-2. The Balaban J connectivity index is 0. The molecule has 0 radical (unpaired) electrons. The molecule has 0 aliphatic heterocycles. The monoisotopic (exact) mass is 220 g/mol. The van der Waals surface area contributed by atoms with Crippen molar-refractivity contribution in [1.29, 1.82) is 0 Å². The summed E-state index contributed by atoms with van der Waals surface area (Å²) in [4.78, 5) is 0. The summed E-state index contributed by atoms with van der Waals surface area (Å²) in [5.74, 6) is 0. The molecule has 0 heterocycles. The average molecular weight is 221 g/mol. The second-order valence-electron chi connectivity index (χ2n) is 0. The fourth-order valence-electron chi connectivity index (χ4n) is 0. The summed E-state index contributed by atoms with van der Waals surface area (Å²) in [6.45, 7) is 0. The van der Waals surface area contributed by atoms with E-state index in [0.717, 1.165) is 0 Å². The third kappa shape index (κ3) is 24.4. The number of hydrogen-bond acceptors (Lipinski definition) is 2. The van der Waals surface area contributed by atoms with Crippen LogP contribution in [-0.4, -0.2) is 16.4 Å². The normalized spacial score (nSPS) is 0. The van der Waals surface area contributed by atoms with Gasteiger partial charge in [0, 0.05) is 26.2 Å². The summed E-state index contributed by atoms with van der Waals surface area (Å²) in [5, 5.41) is 0. The summed E-state index contributed by atoms with van der Waals surface area (Å²) >= 11 is 0. The van der Waals surface area contributed by atoms with Gasteiger partial charge in [0.15, 0.2) is 0 Å². The fourth-order valence-corrected chi connectivity index (χ4v) is 0. The van der Waals surface area contributed by atoms with Crippen LogP contribution in [0.15, 0.2) is 0 Å². The first-order valence-corrected chi connectivity index (χ1v) is 0. The van der Waals surface area contributed by atoms with E-state index >= 15 is 0 Å². The van der Waals surface area contributed by atoms with Crippen LogP contribution in [0, 0.1) is 0 Å². The van der Waals surface area contributed by atoms with Crippen molar-refractivity contribution in [2.75, 3.05) is 0 Å². The van der Waals surface area contributed by atoms with Crippen LogP contribution in [0.1, 0.15) is 0 Å². The Hall–Kier alpha value is 4.04. The van der Waals surface area contributed by atoms with Gasteiger partial charge in [-0.1, -0.05) is 0 Å². The van der Waals surface area contributed by atoms with Gasteiger partial charge in [-0.3, -0.25) is 0 Å². The molecule has 0 aromatic carbocycles. The van der Waals surface area contributed by atoms with Crippen molar-refractivity contribution < 1.29 is 145 Å². The molecular formula is H4K2O3Zr. The van der Waals surface area contributed by atoms with Gasteiger partial charge in [-0.2, -0.15) is 0 Å². The largest absolute Gasteiger partial charge is 1.00 e. The molecule has 0 aromatic rings. The Labute approximate surface area is 141 Å². The zero-order valence-electron chi connectivity index (χ0n) is 3.89. The SMILES string of the molecule is O.[K+].[K+].[OH-].[OH-].[Zr]. The maximum Gasteiger partial charge on any atom is 1.00 e. The molecule has 3 nitrogen and oxygen atoms in total. The van der Waals surface area contributed by atoms with E-state index in [4.69, 9.17) is 0 Å². The van der Waals surface area contributed by atoms with Crippen LogP contribution in [0.25, 0.3) is 0 Å². The van der Waals surface area contributed by atoms with Crippen LogP contribution < -0.4 is 103 Å². The summed E-state index contributed by atoms with van der Waals surface area (Å²) in [6, 6.07) is 0. The maximum atomic E-state index is 0. The molecule has 4 N–H and O–H groups in total. The van der Waals surface area contributed by atoms with Gasteiger partial charge in [-0.05, 0) is 0 Å². The molecule has 0 saturated carbocycles. The van der Waals surface area contributed by atoms with Gasteiger partial charge < -0.3 is 16.4 Å². The fraction of sp³-hybridized carbons (Fsp3) is 0. The Morgan fingerprint density at radius 1 is 0.667 bits per heavy atom. The molecule has 0 fully saturated rings. The van der Waals surface area contributed by atoms with Gasteiger partial charge in [0.25, 0.3) is 0 Å². The molecular weight excluding hydrogens is 217 g/mol. The zero-order valence-corrected chi connectivity index (χ0v) is 12.6. The first-order chi connectivity index (χ1) is 0. The molecule has 0 rings (SSSR count). The maximum absolute atomic E-state index is 0. The Bertz CT molecular complexity index is 8.75. The molecule has 0 saturated heterocycles. The van der Waals surface area contributed by atoms with E-state index in [1.807, 2.05) is 0 Å². The number of hydrogen-bond donors (Lipinski definition) is 0. The van der Waals surface area contributed by atoms with E-state index in [0.29, 0.717) is 0 Å². The van der Waals surface area contributed by atoms with Gasteiger partial charge in [0.2, 0.25) is 0 Å². The Morgan fingerprint density at radius 3 is 0.667 bits per heavy atom. The quantitative estimate of drug-likeness (QED) is 0.380. The van der Waals surface area contributed by atoms with Crippen LogP contribution in [0.2, 0.25) is 0 Å². The second-order valence-corrected chi connectivity index (χ2v) is 0. The van der Waals surface area contributed by atoms with Crippen molar-refractivity contribution in [1.82, 2.24) is 0 Å². The predicted molar refractivity (Wildman–Crippen MR) is 7.49 cm³/mol. The number of rotatable bonds is 0. The molecule has 6 heteroatoms. The van der Waals surface area contributed by atoms with E-state index in [2.05, 4.69) is 0 Å². The van der Waals surface area contributed by atoms with Crippen molar-refractivity contribution in [3.8, 4) is 0 Å². The first-order valence-electron chi connectivity index (χ1n) is 0. The third-order valence-electron chi connectivity index (χ3n) is 0. The van der Waals surface area contributed by atoms with Gasteiger partial charge >= 0.3 is 103 Å². The van der Waals surface area contributed by atoms with Crippen LogP contribution in [-0.2, 0) is 26.2 Å². The van der Waals surface area contributed by atoms with Crippen LogP contribution in [0.3, 0.4) is 0 Å². The van der Waals surface area contributed by atoms with Crippen LogP contribution >= 0.6 is 0 Å². The van der Waals surface area contributed by atoms with E-state index in [-0.39, 0.29) is 145 Å². The van der Waals surface area contributed by atoms with Gasteiger partial charge in [0.05, 0.1) is 0 Å². The molecule has 0 amide bonds. The van der Waals surface area contributed by atoms with Crippen molar-refractivity contribution in [3.05, 3.63) is 0 Å². The second kappa shape index (κ2) is 35.8. The topological polar surface area (TPSA) is 91.5 Å². The molecule has 0 spiro atoms. The molecule has 0 unspecified atom stereocenters. The molecule has 0 aliphatic carbocycles. The molecule has 0 atom stereocenters. The van der Waals surface area contributed by atoms with Crippen molar-refractivity contribution >= 4 is 0 Å². The minimum absolute atomic E-state index is 0. The first kappa shape index (κ1) is 50.3. The zero-order chi connectivity index (χ0) is 0. The van der Waals surface area contributed by atoms with Gasteiger partial charge in [-0.15, -0.1) is 0 Å². The van der Waals surface area contributed by atoms with Crippen LogP contribution in [0.5, 0.6) is 0 Å². The smallest absolute Gasteiger partial charge is 0.870 e. The summed E-state index contributed by atoms with van der Waals surface area (Å²) in [5.41, 5.74) is 0. The van der Waals surface area contributed by atoms with Crippen molar-refractivity contribution in [2.24, 2.45) is 0 Å². The molecule has 0 bridgehead atoms. The van der Waals surface area contributed by atoms with E-state index < -0.39 is 0 Å². The Morgan fingerprint density at radius 2 is 0.667 bits per heavy atom. The summed E-state index contributed by atoms with van der Waals surface area (Å²) < 4.78 is 0. The van der Waals surface area contributed by atoms with Crippen molar-refractivity contribution in [2.45, 2.75) is 0 Å². The third-order valence-corrected chi connectivity index (χ3v) is 0. The van der Waals surface area contributed by atoms with E-state index in [1.165, 1.54) is 0 Å². The molecule has 28 valence electrons.